The second-order valence-corrected chi connectivity index (χ2v) is 5.95. The molecule has 1 aromatic carbocycles. The average Bonchev–Trinajstić information content (AvgIpc) is 2.67. The number of fused-ring (bicyclic) bond motifs is 1. The molecule has 1 saturated heterocycles. The van der Waals surface area contributed by atoms with Gasteiger partial charge in [0.2, 0.25) is 0 Å². The van der Waals surface area contributed by atoms with Gasteiger partial charge in [0.1, 0.15) is 13.2 Å². The Hall–Kier alpha value is -2.81. The van der Waals surface area contributed by atoms with Crippen LogP contribution in [-0.2, 0) is 9.59 Å². The Morgan fingerprint density at radius 1 is 1.19 bits per heavy atom. The summed E-state index contributed by atoms with van der Waals surface area (Å²) in [4.78, 5) is 38.3. The number of aliphatic hydroxyl groups excluding tert-OH is 1. The lowest BCUT2D eigenvalue weighted by molar-refractivity contribution is -0.153. The predicted molar refractivity (Wildman–Crippen MR) is 89.8 cm³/mol. The Balaban J connectivity index is 1.57. The first-order valence-electron chi connectivity index (χ1n) is 8.47. The van der Waals surface area contributed by atoms with E-state index in [2.05, 4.69) is 5.32 Å². The summed E-state index contributed by atoms with van der Waals surface area (Å²) in [6.07, 6.45) is -0.988. The molecule has 3 rings (SSSR count). The quantitative estimate of drug-likeness (QED) is 0.723. The van der Waals surface area contributed by atoms with Crippen LogP contribution in [0.4, 0.5) is 4.79 Å². The van der Waals surface area contributed by atoms with Crippen molar-refractivity contribution >= 4 is 17.8 Å². The molecule has 1 atom stereocenters. The Bertz CT molecular complexity index is 722. The zero-order chi connectivity index (χ0) is 18.7. The number of likely N-dealkylation sites (N-methyl/N-ethyl adjacent to an activating group) is 1. The van der Waals surface area contributed by atoms with Crippen LogP contribution in [0.5, 0.6) is 11.5 Å². The van der Waals surface area contributed by atoms with Crippen LogP contribution in [0.15, 0.2) is 18.2 Å². The summed E-state index contributed by atoms with van der Waals surface area (Å²) in [5, 5.41) is 12.8. The summed E-state index contributed by atoms with van der Waals surface area (Å²) in [5.74, 6) is -0.407. The molecule has 0 aromatic heterocycles. The molecular weight excluding hydrogens is 342 g/mol. The van der Waals surface area contributed by atoms with Gasteiger partial charge in [0.25, 0.3) is 0 Å². The first-order valence-corrected chi connectivity index (χ1v) is 8.47. The van der Waals surface area contributed by atoms with Gasteiger partial charge in [-0.25, -0.2) is 4.79 Å². The van der Waals surface area contributed by atoms with Crippen molar-refractivity contribution in [2.75, 3.05) is 39.4 Å². The molecule has 140 valence electrons. The minimum absolute atomic E-state index is 0.103. The highest BCUT2D eigenvalue weighted by molar-refractivity contribution is 6.38. The molecule has 4 amide bonds. The highest BCUT2D eigenvalue weighted by Gasteiger charge is 2.35. The van der Waals surface area contributed by atoms with Gasteiger partial charge in [0.15, 0.2) is 11.5 Å². The molecule has 2 N–H and O–H groups in total. The molecule has 9 heteroatoms. The smallest absolute Gasteiger partial charge is 0.324 e. The number of rotatable bonds is 4. The summed E-state index contributed by atoms with van der Waals surface area (Å²) < 4.78 is 10.9. The van der Waals surface area contributed by atoms with Crippen molar-refractivity contribution in [3.8, 4) is 11.5 Å². The number of imide groups is 1. The van der Waals surface area contributed by atoms with E-state index in [1.54, 1.807) is 25.1 Å². The van der Waals surface area contributed by atoms with Gasteiger partial charge >= 0.3 is 17.8 Å². The Morgan fingerprint density at radius 2 is 1.92 bits per heavy atom. The van der Waals surface area contributed by atoms with Crippen molar-refractivity contribution < 1.29 is 29.0 Å². The second-order valence-electron chi connectivity index (χ2n) is 5.95. The van der Waals surface area contributed by atoms with E-state index in [0.29, 0.717) is 43.4 Å². The van der Waals surface area contributed by atoms with Crippen LogP contribution in [0.2, 0.25) is 0 Å². The third-order valence-electron chi connectivity index (χ3n) is 4.33. The van der Waals surface area contributed by atoms with E-state index >= 15 is 0 Å². The average molecular weight is 363 g/mol. The largest absolute Gasteiger partial charge is 0.486 e. The van der Waals surface area contributed by atoms with Crippen LogP contribution in [0.25, 0.3) is 0 Å². The predicted octanol–water partition coefficient (Wildman–Crippen LogP) is -0.108. The molecule has 0 unspecified atom stereocenters. The number of nitrogens with zero attached hydrogens (tertiary/aromatic N) is 2. The minimum atomic E-state index is -0.988. The van der Waals surface area contributed by atoms with Crippen molar-refractivity contribution in [1.29, 1.82) is 0 Å². The van der Waals surface area contributed by atoms with Crippen molar-refractivity contribution in [3.63, 3.8) is 0 Å². The van der Waals surface area contributed by atoms with Gasteiger partial charge in [-0.1, -0.05) is 6.07 Å². The number of carbonyl (C=O) groups excluding carboxylic acids is 3. The van der Waals surface area contributed by atoms with E-state index in [9.17, 15) is 19.5 Å². The molecule has 0 bridgehead atoms. The molecule has 2 aliphatic heterocycles. The first kappa shape index (κ1) is 18.0. The zero-order valence-electron chi connectivity index (χ0n) is 14.4. The van der Waals surface area contributed by atoms with Gasteiger partial charge in [0, 0.05) is 26.2 Å². The minimum Gasteiger partial charge on any atom is -0.486 e. The van der Waals surface area contributed by atoms with Crippen LogP contribution >= 0.6 is 0 Å². The summed E-state index contributed by atoms with van der Waals surface area (Å²) in [7, 11) is 0. The number of piperazine rings is 1. The maximum atomic E-state index is 12.2. The van der Waals surface area contributed by atoms with Gasteiger partial charge in [-0.3, -0.25) is 14.5 Å². The van der Waals surface area contributed by atoms with E-state index in [-0.39, 0.29) is 13.1 Å². The van der Waals surface area contributed by atoms with Gasteiger partial charge in [-0.2, -0.15) is 0 Å². The monoisotopic (exact) mass is 363 g/mol. The molecule has 1 fully saturated rings. The SMILES string of the molecule is CCN1CCN(C(=O)NC[C@@H](O)c2ccc3c(c2)OCCO3)C(=O)C1=O. The van der Waals surface area contributed by atoms with Crippen LogP contribution in [-0.4, -0.2) is 72.1 Å². The standard InChI is InChI=1S/C17H21N3O6/c1-2-19-5-6-20(16(23)15(19)22)17(24)18-10-12(21)11-3-4-13-14(9-11)26-8-7-25-13/h3-4,9,12,21H,2,5-8,10H2,1H3,(H,18,24)/t12-/m1/s1. The third kappa shape index (κ3) is 3.57. The van der Waals surface area contributed by atoms with E-state index in [1.807, 2.05) is 0 Å². The normalized spacial score (nSPS) is 17.9. The molecule has 0 saturated carbocycles. The number of benzene rings is 1. The number of amides is 4. The highest BCUT2D eigenvalue weighted by Crippen LogP contribution is 2.32. The zero-order valence-corrected chi connectivity index (χ0v) is 14.4. The number of urea groups is 1. The molecular formula is C17H21N3O6. The van der Waals surface area contributed by atoms with Crippen LogP contribution in [0, 0.1) is 0 Å². The number of ether oxygens (including phenoxy) is 2. The second kappa shape index (κ2) is 7.61. The maximum absolute atomic E-state index is 12.2. The number of hydrogen-bond acceptors (Lipinski definition) is 6. The van der Waals surface area contributed by atoms with Crippen LogP contribution in [0.1, 0.15) is 18.6 Å². The Labute approximate surface area is 150 Å². The van der Waals surface area contributed by atoms with Crippen LogP contribution < -0.4 is 14.8 Å². The van der Waals surface area contributed by atoms with Gasteiger partial charge < -0.3 is 24.8 Å². The summed E-state index contributed by atoms with van der Waals surface area (Å²) in [5.41, 5.74) is 0.549. The first-order chi connectivity index (χ1) is 12.5. The van der Waals surface area contributed by atoms with Crippen molar-refractivity contribution in [2.45, 2.75) is 13.0 Å². The fourth-order valence-electron chi connectivity index (χ4n) is 2.83. The van der Waals surface area contributed by atoms with Crippen molar-refractivity contribution in [1.82, 2.24) is 15.1 Å². The van der Waals surface area contributed by atoms with Gasteiger partial charge in [-0.15, -0.1) is 0 Å². The molecule has 2 aliphatic rings. The number of nitrogens with one attached hydrogen (secondary N) is 1. The van der Waals surface area contributed by atoms with Crippen molar-refractivity contribution in [3.05, 3.63) is 23.8 Å². The third-order valence-corrected chi connectivity index (χ3v) is 4.33. The molecule has 0 aliphatic carbocycles. The van der Waals surface area contributed by atoms with Crippen molar-refractivity contribution in [2.24, 2.45) is 0 Å². The Morgan fingerprint density at radius 3 is 2.65 bits per heavy atom. The van der Waals surface area contributed by atoms with E-state index in [1.165, 1.54) is 4.90 Å². The molecule has 26 heavy (non-hydrogen) atoms. The summed E-state index contributed by atoms with van der Waals surface area (Å²) in [6.45, 7) is 3.43. The molecule has 0 radical (unpaired) electrons. The lowest BCUT2D eigenvalue weighted by Gasteiger charge is -2.31. The van der Waals surface area contributed by atoms with Gasteiger partial charge in [-0.05, 0) is 24.6 Å². The maximum Gasteiger partial charge on any atom is 0.324 e. The summed E-state index contributed by atoms with van der Waals surface area (Å²) >= 11 is 0. The van der Waals surface area contributed by atoms with E-state index < -0.39 is 23.9 Å². The fraction of sp³-hybridized carbons (Fsp3) is 0.471. The molecule has 1 aromatic rings. The topological polar surface area (TPSA) is 108 Å². The van der Waals surface area contributed by atoms with E-state index in [0.717, 1.165) is 4.90 Å². The summed E-state index contributed by atoms with van der Waals surface area (Å²) in [6, 6.07) is 4.33. The Kier molecular flexibility index (Phi) is 5.27. The highest BCUT2D eigenvalue weighted by atomic mass is 16.6. The molecule has 9 nitrogen and oxygen atoms in total. The molecule has 2 heterocycles. The number of hydrogen-bond donors (Lipinski definition) is 2. The fourth-order valence-corrected chi connectivity index (χ4v) is 2.83. The lowest BCUT2D eigenvalue weighted by atomic mass is 10.1. The lowest BCUT2D eigenvalue weighted by Crippen LogP contribution is -2.58. The number of carbonyl (C=O) groups is 3. The number of aliphatic hydroxyl groups is 1. The van der Waals surface area contributed by atoms with Gasteiger partial charge in [0.05, 0.1) is 6.10 Å². The molecule has 0 spiro atoms. The van der Waals surface area contributed by atoms with E-state index in [4.69, 9.17) is 9.47 Å². The van der Waals surface area contributed by atoms with Crippen LogP contribution in [0.3, 0.4) is 0 Å².